The average Bonchev–Trinajstić information content (AvgIpc) is 2.87. The van der Waals surface area contributed by atoms with Gasteiger partial charge in [0.1, 0.15) is 18.4 Å². The molecule has 3 rings (SSSR count). The minimum absolute atomic E-state index is 0.00108. The molecule has 0 saturated heterocycles. The van der Waals surface area contributed by atoms with E-state index in [1.165, 1.54) is 23.1 Å². The van der Waals surface area contributed by atoms with Crippen molar-refractivity contribution in [3.05, 3.63) is 94.2 Å². The Kier molecular flexibility index (Phi) is 9.53. The van der Waals surface area contributed by atoms with Gasteiger partial charge in [0, 0.05) is 18.1 Å². The van der Waals surface area contributed by atoms with Crippen LogP contribution in [0.1, 0.15) is 19.4 Å². The van der Waals surface area contributed by atoms with Gasteiger partial charge < -0.3 is 10.2 Å². The number of rotatable bonds is 10. The van der Waals surface area contributed by atoms with Crippen LogP contribution in [0.25, 0.3) is 0 Å². The Bertz CT molecular complexity index is 1370. The molecule has 1 atom stereocenters. The van der Waals surface area contributed by atoms with Crippen molar-refractivity contribution in [2.24, 2.45) is 0 Å². The number of halogens is 3. The zero-order valence-corrected chi connectivity index (χ0v) is 22.5. The number of likely N-dealkylation sites (N-methyl/N-ethyl adjacent to an activating group) is 1. The van der Waals surface area contributed by atoms with Crippen molar-refractivity contribution in [1.82, 2.24) is 10.2 Å². The summed E-state index contributed by atoms with van der Waals surface area (Å²) in [6.07, 6.45) is 0. The fraction of sp³-hybridized carbons (Fsp3) is 0.231. The molecule has 0 bridgehead atoms. The number of amides is 2. The van der Waals surface area contributed by atoms with E-state index in [4.69, 9.17) is 23.2 Å². The lowest BCUT2D eigenvalue weighted by atomic mass is 10.1. The van der Waals surface area contributed by atoms with Crippen molar-refractivity contribution >= 4 is 50.7 Å². The van der Waals surface area contributed by atoms with Crippen molar-refractivity contribution in [1.29, 1.82) is 0 Å². The maximum Gasteiger partial charge on any atom is 0.264 e. The molecule has 0 radical (unpaired) electrons. The Labute approximate surface area is 225 Å². The molecule has 0 aromatic heterocycles. The van der Waals surface area contributed by atoms with E-state index in [2.05, 4.69) is 5.32 Å². The molecule has 0 aliphatic heterocycles. The van der Waals surface area contributed by atoms with Crippen LogP contribution in [0.2, 0.25) is 10.0 Å². The van der Waals surface area contributed by atoms with E-state index < -0.39 is 40.2 Å². The zero-order chi connectivity index (χ0) is 27.2. The molecule has 0 fully saturated rings. The smallest absolute Gasteiger partial charge is 0.264 e. The molecule has 0 saturated carbocycles. The van der Waals surface area contributed by atoms with Crippen molar-refractivity contribution in [2.75, 3.05) is 17.4 Å². The summed E-state index contributed by atoms with van der Waals surface area (Å²) in [7, 11) is -4.26. The van der Waals surface area contributed by atoms with Gasteiger partial charge in [0.2, 0.25) is 11.8 Å². The first-order valence-corrected chi connectivity index (χ1v) is 13.6. The second-order valence-electron chi connectivity index (χ2n) is 8.15. The summed E-state index contributed by atoms with van der Waals surface area (Å²) in [5, 5.41) is 2.83. The van der Waals surface area contributed by atoms with Gasteiger partial charge in [0.05, 0.1) is 15.6 Å². The molecule has 196 valence electrons. The molecule has 3 aromatic carbocycles. The van der Waals surface area contributed by atoms with E-state index in [0.717, 1.165) is 16.4 Å². The molecular formula is C26H26Cl2FN3O4S. The normalized spacial score (nSPS) is 12.0. The van der Waals surface area contributed by atoms with Crippen LogP contribution >= 0.6 is 23.2 Å². The highest BCUT2D eigenvalue weighted by Crippen LogP contribution is 2.28. The Hall–Kier alpha value is -3.14. The highest BCUT2D eigenvalue weighted by atomic mass is 35.5. The third-order valence-corrected chi connectivity index (χ3v) is 7.87. The third kappa shape index (κ3) is 7.00. The Morgan fingerprint density at radius 2 is 1.70 bits per heavy atom. The number of sulfonamides is 1. The van der Waals surface area contributed by atoms with E-state index in [1.807, 2.05) is 0 Å². The van der Waals surface area contributed by atoms with Gasteiger partial charge in [-0.05, 0) is 61.9 Å². The van der Waals surface area contributed by atoms with Gasteiger partial charge in [-0.25, -0.2) is 12.8 Å². The van der Waals surface area contributed by atoms with Gasteiger partial charge in [0.25, 0.3) is 10.0 Å². The highest BCUT2D eigenvalue weighted by molar-refractivity contribution is 7.92. The topological polar surface area (TPSA) is 86.8 Å². The molecule has 0 heterocycles. The Morgan fingerprint density at radius 3 is 2.32 bits per heavy atom. The quantitative estimate of drug-likeness (QED) is 0.379. The summed E-state index contributed by atoms with van der Waals surface area (Å²) >= 11 is 12.1. The van der Waals surface area contributed by atoms with Crippen LogP contribution in [-0.4, -0.2) is 44.3 Å². The second-order valence-corrected chi connectivity index (χ2v) is 10.9. The molecule has 37 heavy (non-hydrogen) atoms. The van der Waals surface area contributed by atoms with Crippen molar-refractivity contribution in [3.63, 3.8) is 0 Å². The van der Waals surface area contributed by atoms with E-state index in [9.17, 15) is 22.4 Å². The SMILES string of the molecule is CCNC(=O)[C@@H](C)N(Cc1cccc(Cl)c1)C(=O)CN(c1ccc(F)c(Cl)c1)S(=O)(=O)c1ccccc1. The first-order valence-electron chi connectivity index (χ1n) is 11.4. The zero-order valence-electron chi connectivity index (χ0n) is 20.2. The molecule has 2 amide bonds. The van der Waals surface area contributed by atoms with E-state index in [0.29, 0.717) is 17.1 Å². The number of hydrogen-bond donors (Lipinski definition) is 1. The van der Waals surface area contributed by atoms with Gasteiger partial charge in [-0.15, -0.1) is 0 Å². The van der Waals surface area contributed by atoms with E-state index in [1.54, 1.807) is 56.3 Å². The number of anilines is 1. The summed E-state index contributed by atoms with van der Waals surface area (Å²) in [6, 6.07) is 16.8. The van der Waals surface area contributed by atoms with Crippen molar-refractivity contribution < 1.29 is 22.4 Å². The minimum Gasteiger partial charge on any atom is -0.355 e. The molecular weight excluding hydrogens is 540 g/mol. The molecule has 7 nitrogen and oxygen atoms in total. The lowest BCUT2D eigenvalue weighted by molar-refractivity contribution is -0.139. The molecule has 11 heteroatoms. The van der Waals surface area contributed by atoms with Gasteiger partial charge in [-0.3, -0.25) is 13.9 Å². The van der Waals surface area contributed by atoms with E-state index >= 15 is 0 Å². The molecule has 3 aromatic rings. The van der Waals surface area contributed by atoms with Crippen LogP contribution in [0.3, 0.4) is 0 Å². The van der Waals surface area contributed by atoms with Gasteiger partial charge >= 0.3 is 0 Å². The highest BCUT2D eigenvalue weighted by Gasteiger charge is 2.32. The monoisotopic (exact) mass is 565 g/mol. The fourth-order valence-corrected chi connectivity index (χ4v) is 5.44. The Balaban J connectivity index is 2.04. The maximum atomic E-state index is 13.9. The number of nitrogens with zero attached hydrogens (tertiary/aromatic N) is 2. The predicted octanol–water partition coefficient (Wildman–Crippen LogP) is 4.88. The maximum absolute atomic E-state index is 13.9. The largest absolute Gasteiger partial charge is 0.355 e. The molecule has 0 spiro atoms. The Morgan fingerprint density at radius 1 is 1.00 bits per heavy atom. The fourth-order valence-electron chi connectivity index (χ4n) is 3.63. The van der Waals surface area contributed by atoms with Crippen LogP contribution in [0.15, 0.2) is 77.7 Å². The standard InChI is InChI=1S/C26H26Cl2FN3O4S/c1-3-30-26(34)18(2)31(16-19-8-7-9-20(27)14-19)25(33)17-32(21-12-13-24(29)23(28)15-21)37(35,36)22-10-5-4-6-11-22/h4-15,18H,3,16-17H2,1-2H3,(H,30,34)/t18-/m1/s1. The number of carbonyl (C=O) groups is 2. The first kappa shape index (κ1) is 28.4. The summed E-state index contributed by atoms with van der Waals surface area (Å²) < 4.78 is 42.0. The molecule has 0 aliphatic rings. The minimum atomic E-state index is -4.26. The predicted molar refractivity (Wildman–Crippen MR) is 143 cm³/mol. The van der Waals surface area contributed by atoms with Gasteiger partial charge in [-0.1, -0.05) is 53.5 Å². The molecule has 0 aliphatic carbocycles. The molecule has 0 unspecified atom stereocenters. The van der Waals surface area contributed by atoms with Crippen molar-refractivity contribution in [3.8, 4) is 0 Å². The average molecular weight is 566 g/mol. The number of benzene rings is 3. The van der Waals surface area contributed by atoms with Crippen LogP contribution in [-0.2, 0) is 26.2 Å². The third-order valence-electron chi connectivity index (χ3n) is 5.56. The molecule has 1 N–H and O–H groups in total. The number of hydrogen-bond acceptors (Lipinski definition) is 4. The first-order chi connectivity index (χ1) is 17.5. The summed E-state index contributed by atoms with van der Waals surface area (Å²) in [6.45, 7) is 2.99. The van der Waals surface area contributed by atoms with Gasteiger partial charge in [-0.2, -0.15) is 0 Å². The van der Waals surface area contributed by atoms with E-state index in [-0.39, 0.29) is 22.2 Å². The summed E-state index contributed by atoms with van der Waals surface area (Å²) in [4.78, 5) is 27.6. The van der Waals surface area contributed by atoms with Crippen molar-refractivity contribution in [2.45, 2.75) is 31.3 Å². The summed E-state index contributed by atoms with van der Waals surface area (Å²) in [5.74, 6) is -1.79. The lowest BCUT2D eigenvalue weighted by Crippen LogP contribution is -2.51. The van der Waals surface area contributed by atoms with Crippen LogP contribution in [0.5, 0.6) is 0 Å². The van der Waals surface area contributed by atoms with Crippen LogP contribution in [0.4, 0.5) is 10.1 Å². The second kappa shape index (κ2) is 12.4. The number of nitrogens with one attached hydrogen (secondary N) is 1. The van der Waals surface area contributed by atoms with Gasteiger partial charge in [0.15, 0.2) is 0 Å². The summed E-state index contributed by atoms with van der Waals surface area (Å²) in [5.41, 5.74) is 0.649. The number of carbonyl (C=O) groups excluding carboxylic acids is 2. The van der Waals surface area contributed by atoms with Crippen LogP contribution < -0.4 is 9.62 Å². The lowest BCUT2D eigenvalue weighted by Gasteiger charge is -2.32. The van der Waals surface area contributed by atoms with Crippen LogP contribution in [0, 0.1) is 5.82 Å².